The van der Waals surface area contributed by atoms with Crippen LogP contribution in [0, 0.1) is 0 Å². The Hall–Kier alpha value is -0.390. The molecule has 0 saturated heterocycles. The molecule has 0 aromatic heterocycles. The molecule has 2 rings (SSSR count). The molecule has 0 bridgehead atoms. The molecule has 0 heterocycles. The molecular formula is C36H59NaO3S. The average molecular weight is 595 g/mol. The molecule has 0 saturated carbocycles. The van der Waals surface area contributed by atoms with Crippen molar-refractivity contribution in [2.24, 2.45) is 0 Å². The number of fused-ring (bicyclic) bond motifs is 1. The Bertz CT molecular complexity index is 1030. The van der Waals surface area contributed by atoms with Crippen LogP contribution >= 0.6 is 0 Å². The van der Waals surface area contributed by atoms with Crippen molar-refractivity contribution in [1.82, 2.24) is 0 Å². The fourth-order valence-corrected chi connectivity index (χ4v) is 6.87. The van der Waals surface area contributed by atoms with E-state index in [-0.39, 0.29) is 34.5 Å². The molecule has 0 aliphatic carbocycles. The topological polar surface area (TPSA) is 57.2 Å². The molecule has 2 aromatic carbocycles. The maximum absolute atomic E-state index is 12.1. The van der Waals surface area contributed by atoms with Crippen molar-refractivity contribution in [3.05, 3.63) is 41.5 Å². The number of hydrogen-bond acceptors (Lipinski definition) is 3. The predicted octanol–water partition coefficient (Wildman–Crippen LogP) is 8.45. The largest absolute Gasteiger partial charge is 1.00 e. The van der Waals surface area contributed by atoms with Gasteiger partial charge in [-0.05, 0) is 53.6 Å². The molecule has 228 valence electrons. The first-order chi connectivity index (χ1) is 19.5. The van der Waals surface area contributed by atoms with Crippen molar-refractivity contribution in [3.8, 4) is 0 Å². The molecule has 0 fully saturated rings. The van der Waals surface area contributed by atoms with Crippen LogP contribution in [0.4, 0.5) is 0 Å². The van der Waals surface area contributed by atoms with Gasteiger partial charge in [-0.1, -0.05) is 167 Å². The van der Waals surface area contributed by atoms with Crippen molar-refractivity contribution in [1.29, 1.82) is 0 Å². The first-order valence-electron chi connectivity index (χ1n) is 17.0. The van der Waals surface area contributed by atoms with Gasteiger partial charge < -0.3 is 4.55 Å². The summed E-state index contributed by atoms with van der Waals surface area (Å²) in [6.45, 7) is 4.53. The minimum atomic E-state index is -4.49. The molecule has 0 aliphatic rings. The van der Waals surface area contributed by atoms with E-state index < -0.39 is 10.1 Å². The van der Waals surface area contributed by atoms with Crippen LogP contribution in [0.1, 0.15) is 166 Å². The van der Waals surface area contributed by atoms with Gasteiger partial charge in [0, 0.05) is 0 Å². The number of aryl methyl sites for hydroxylation is 2. The van der Waals surface area contributed by atoms with Crippen molar-refractivity contribution in [2.45, 2.75) is 173 Å². The SMILES string of the molecule is CCCCCCCCCCCCCc1cccc2c(CCCCCCCCCCCCC)c(S(=O)(=O)[O-])ccc12.[Na+]. The second kappa shape index (κ2) is 24.0. The van der Waals surface area contributed by atoms with Gasteiger partial charge in [-0.2, -0.15) is 0 Å². The Kier molecular flexibility index (Phi) is 22.6. The Morgan fingerprint density at radius 2 is 0.927 bits per heavy atom. The second-order valence-electron chi connectivity index (χ2n) is 12.1. The van der Waals surface area contributed by atoms with E-state index in [0.717, 1.165) is 42.0 Å². The summed E-state index contributed by atoms with van der Waals surface area (Å²) in [6, 6.07) is 9.68. The predicted molar refractivity (Wildman–Crippen MR) is 172 cm³/mol. The maximum atomic E-state index is 12.1. The van der Waals surface area contributed by atoms with Crippen molar-refractivity contribution in [2.75, 3.05) is 0 Å². The van der Waals surface area contributed by atoms with E-state index in [2.05, 4.69) is 19.9 Å². The minimum Gasteiger partial charge on any atom is -0.744 e. The summed E-state index contributed by atoms with van der Waals surface area (Å²) < 4.78 is 36.3. The molecule has 0 amide bonds. The average Bonchev–Trinajstić information content (AvgIpc) is 2.94. The van der Waals surface area contributed by atoms with Crippen molar-refractivity contribution >= 4 is 20.9 Å². The van der Waals surface area contributed by atoms with Gasteiger partial charge in [0.2, 0.25) is 0 Å². The van der Waals surface area contributed by atoms with Crippen LogP contribution in [0.2, 0.25) is 0 Å². The van der Waals surface area contributed by atoms with Gasteiger partial charge in [-0.15, -0.1) is 0 Å². The monoisotopic (exact) mass is 594 g/mol. The zero-order valence-corrected chi connectivity index (χ0v) is 29.8. The van der Waals surface area contributed by atoms with Crippen LogP contribution in [0.5, 0.6) is 0 Å². The Morgan fingerprint density at radius 1 is 0.512 bits per heavy atom. The smallest absolute Gasteiger partial charge is 0.744 e. The van der Waals surface area contributed by atoms with Gasteiger partial charge in [-0.3, -0.25) is 0 Å². The third kappa shape index (κ3) is 16.3. The van der Waals surface area contributed by atoms with Crippen LogP contribution in [0.15, 0.2) is 35.2 Å². The standard InChI is InChI=1S/C36H60O3S.Na/c1-3-5-7-9-11-13-15-17-19-21-23-26-32-27-25-29-34-33(32)30-31-36(40(37,38)39)35(34)28-24-22-20-18-16-14-12-10-8-6-4-2;/h25,27,29-31H,3-24,26,28H2,1-2H3,(H,37,38,39);/q;+1/p-1. The van der Waals surface area contributed by atoms with Crippen LogP contribution in [-0.4, -0.2) is 13.0 Å². The normalized spacial score (nSPS) is 11.7. The van der Waals surface area contributed by atoms with Gasteiger partial charge in [-0.25, -0.2) is 8.42 Å². The number of rotatable bonds is 25. The summed E-state index contributed by atoms with van der Waals surface area (Å²) in [5.74, 6) is 0. The van der Waals surface area contributed by atoms with Crippen LogP contribution < -0.4 is 29.6 Å². The summed E-state index contributed by atoms with van der Waals surface area (Å²) in [4.78, 5) is -0.0149. The van der Waals surface area contributed by atoms with E-state index in [1.165, 1.54) is 128 Å². The molecule has 0 radical (unpaired) electrons. The van der Waals surface area contributed by atoms with Gasteiger partial charge in [0.1, 0.15) is 10.1 Å². The molecule has 2 aromatic rings. The van der Waals surface area contributed by atoms with E-state index in [1.807, 2.05) is 18.2 Å². The van der Waals surface area contributed by atoms with Crippen LogP contribution in [0.3, 0.4) is 0 Å². The Balaban J connectivity index is 0.00000840. The summed E-state index contributed by atoms with van der Waals surface area (Å²) in [6.07, 6.45) is 30.1. The van der Waals surface area contributed by atoms with E-state index in [0.29, 0.717) is 6.42 Å². The zero-order chi connectivity index (χ0) is 28.9. The van der Waals surface area contributed by atoms with Crippen molar-refractivity contribution < 1.29 is 42.5 Å². The summed E-state index contributed by atoms with van der Waals surface area (Å²) in [7, 11) is -4.49. The fraction of sp³-hybridized carbons (Fsp3) is 0.722. The Labute approximate surface area is 276 Å². The molecule has 0 unspecified atom stereocenters. The quantitative estimate of drug-likeness (QED) is 0.0658. The molecule has 0 atom stereocenters. The van der Waals surface area contributed by atoms with Crippen LogP contribution in [0.25, 0.3) is 10.8 Å². The number of benzene rings is 2. The summed E-state index contributed by atoms with van der Waals surface area (Å²) in [5.41, 5.74) is 2.02. The van der Waals surface area contributed by atoms with Crippen LogP contribution in [-0.2, 0) is 23.0 Å². The Morgan fingerprint density at radius 3 is 1.37 bits per heavy atom. The molecular weight excluding hydrogens is 535 g/mol. The summed E-state index contributed by atoms with van der Waals surface area (Å²) in [5, 5.41) is 2.09. The van der Waals surface area contributed by atoms with E-state index in [1.54, 1.807) is 6.07 Å². The first-order valence-corrected chi connectivity index (χ1v) is 18.4. The van der Waals surface area contributed by atoms with E-state index >= 15 is 0 Å². The summed E-state index contributed by atoms with van der Waals surface area (Å²) >= 11 is 0. The second-order valence-corrected chi connectivity index (χ2v) is 13.4. The third-order valence-electron chi connectivity index (χ3n) is 8.57. The van der Waals surface area contributed by atoms with Gasteiger partial charge >= 0.3 is 29.6 Å². The third-order valence-corrected chi connectivity index (χ3v) is 9.49. The molecule has 0 N–H and O–H groups in total. The minimum absolute atomic E-state index is 0. The fourth-order valence-electron chi connectivity index (χ4n) is 6.12. The van der Waals surface area contributed by atoms with Gasteiger partial charge in [0.25, 0.3) is 0 Å². The maximum Gasteiger partial charge on any atom is 1.00 e. The molecule has 41 heavy (non-hydrogen) atoms. The number of hydrogen-bond donors (Lipinski definition) is 0. The molecule has 3 nitrogen and oxygen atoms in total. The molecule has 5 heteroatoms. The number of unbranched alkanes of at least 4 members (excludes halogenated alkanes) is 20. The molecule has 0 aliphatic heterocycles. The van der Waals surface area contributed by atoms with E-state index in [9.17, 15) is 13.0 Å². The van der Waals surface area contributed by atoms with Gasteiger partial charge in [0.15, 0.2) is 0 Å². The van der Waals surface area contributed by atoms with E-state index in [4.69, 9.17) is 0 Å². The van der Waals surface area contributed by atoms with Gasteiger partial charge in [0.05, 0.1) is 4.90 Å². The zero-order valence-electron chi connectivity index (χ0n) is 27.0. The first kappa shape index (κ1) is 38.6. The molecule has 0 spiro atoms. The van der Waals surface area contributed by atoms with Crippen molar-refractivity contribution in [3.63, 3.8) is 0 Å².